The van der Waals surface area contributed by atoms with Gasteiger partial charge in [0.25, 0.3) is 5.91 Å². The molecular formula is C38H40F4N6O5. The number of benzene rings is 3. The van der Waals surface area contributed by atoms with Crippen molar-refractivity contribution in [2.24, 2.45) is 11.7 Å². The zero-order valence-electron chi connectivity index (χ0n) is 29.1. The molecule has 0 radical (unpaired) electrons. The van der Waals surface area contributed by atoms with Crippen molar-refractivity contribution in [3.8, 4) is 0 Å². The van der Waals surface area contributed by atoms with E-state index in [-0.39, 0.29) is 56.3 Å². The van der Waals surface area contributed by atoms with Crippen molar-refractivity contribution in [1.29, 1.82) is 0 Å². The van der Waals surface area contributed by atoms with E-state index in [1.807, 2.05) is 30.3 Å². The highest BCUT2D eigenvalue weighted by molar-refractivity contribution is 5.99. The number of carbonyl (C=O) groups excluding carboxylic acids is 4. The quantitative estimate of drug-likeness (QED) is 0.127. The second-order valence-electron chi connectivity index (χ2n) is 13.4. The lowest BCUT2D eigenvalue weighted by Gasteiger charge is -2.34. The lowest BCUT2D eigenvalue weighted by atomic mass is 9.88. The van der Waals surface area contributed by atoms with Crippen molar-refractivity contribution in [1.82, 2.24) is 19.8 Å². The Morgan fingerprint density at radius 3 is 2.23 bits per heavy atom. The number of alkyl halides is 3. The average molecular weight is 737 g/mol. The van der Waals surface area contributed by atoms with Gasteiger partial charge >= 0.3 is 6.18 Å². The molecule has 4 N–H and O–H groups in total. The highest BCUT2D eigenvalue weighted by Gasteiger charge is 2.40. The first-order valence-electron chi connectivity index (χ1n) is 16.9. The van der Waals surface area contributed by atoms with Gasteiger partial charge in [0, 0.05) is 30.8 Å². The van der Waals surface area contributed by atoms with Crippen LogP contribution < -0.4 is 16.4 Å². The molecular weight excluding hydrogens is 696 g/mol. The van der Waals surface area contributed by atoms with Crippen LogP contribution in [0.25, 0.3) is 0 Å². The van der Waals surface area contributed by atoms with Crippen LogP contribution in [-0.2, 0) is 31.9 Å². The number of nitrogens with zero attached hydrogens (tertiary/aromatic N) is 3. The first kappa shape index (κ1) is 38.8. The number of nitrogens with two attached hydrogens (primary N) is 1. The van der Waals surface area contributed by atoms with Gasteiger partial charge in [-0.3, -0.25) is 19.2 Å². The van der Waals surface area contributed by atoms with E-state index in [0.29, 0.717) is 5.56 Å². The molecule has 1 saturated heterocycles. The minimum Gasteiger partial charge on any atom is -0.374 e. The van der Waals surface area contributed by atoms with Gasteiger partial charge < -0.3 is 30.6 Å². The lowest BCUT2D eigenvalue weighted by molar-refractivity contribution is -0.140. The number of hydrogen-bond donors (Lipinski definition) is 3. The fourth-order valence-corrected chi connectivity index (χ4v) is 5.95. The highest BCUT2D eigenvalue weighted by atomic mass is 19.4. The molecule has 3 amide bonds. The van der Waals surface area contributed by atoms with Gasteiger partial charge in [0.05, 0.1) is 30.6 Å². The predicted molar refractivity (Wildman–Crippen MR) is 187 cm³/mol. The Kier molecular flexibility index (Phi) is 12.1. The van der Waals surface area contributed by atoms with E-state index in [1.165, 1.54) is 72.0 Å². The number of ether oxygens (including phenoxy) is 1. The zero-order chi connectivity index (χ0) is 38.3. The standard InChI is InChI=1S/C38H40F4N6O5/c1-37(2,43)36(52)45-30(22-53-21-24-8-4-3-5-9-24)34(50)46-31-20-48(23-44-31)32(28-10-6-7-11-29(28)38(40,41)42)35(51)47-18-16-26(17-19-47)33(49)25-12-14-27(39)15-13-25/h3-15,20,23,26,30,32H,16-19,21-22,43H2,1-2H3,(H,45,52)(H,46,50)/t30-,32?/m1/s1. The van der Waals surface area contributed by atoms with Crippen molar-refractivity contribution < 1.29 is 41.5 Å². The monoisotopic (exact) mass is 736 g/mol. The van der Waals surface area contributed by atoms with Crippen LogP contribution in [0, 0.1) is 11.7 Å². The number of anilines is 1. The number of piperidine rings is 1. The van der Waals surface area contributed by atoms with Gasteiger partial charge in [-0.1, -0.05) is 48.5 Å². The topological polar surface area (TPSA) is 149 Å². The Hall–Kier alpha value is -5.41. The zero-order valence-corrected chi connectivity index (χ0v) is 29.1. The molecule has 1 aromatic heterocycles. The maximum atomic E-state index is 14.3. The molecule has 3 aromatic carbocycles. The molecule has 15 heteroatoms. The summed E-state index contributed by atoms with van der Waals surface area (Å²) < 4.78 is 63.2. The largest absolute Gasteiger partial charge is 0.416 e. The van der Waals surface area contributed by atoms with Crippen LogP contribution in [0.3, 0.4) is 0 Å². The fraction of sp³-hybridized carbons (Fsp3) is 0.342. The molecule has 4 aromatic rings. The van der Waals surface area contributed by atoms with Crippen LogP contribution >= 0.6 is 0 Å². The third-order valence-corrected chi connectivity index (χ3v) is 8.85. The molecule has 1 aliphatic rings. The third kappa shape index (κ3) is 9.93. The van der Waals surface area contributed by atoms with Gasteiger partial charge in [0.15, 0.2) is 11.6 Å². The molecule has 0 aliphatic carbocycles. The molecule has 0 saturated carbocycles. The highest BCUT2D eigenvalue weighted by Crippen LogP contribution is 2.37. The Morgan fingerprint density at radius 2 is 1.58 bits per heavy atom. The van der Waals surface area contributed by atoms with Gasteiger partial charge in [-0.05, 0) is 68.1 Å². The summed E-state index contributed by atoms with van der Waals surface area (Å²) in [5, 5.41) is 5.13. The molecule has 5 rings (SSSR count). The minimum atomic E-state index is -4.80. The Morgan fingerprint density at radius 1 is 0.943 bits per heavy atom. The average Bonchev–Trinajstić information content (AvgIpc) is 3.58. The van der Waals surface area contributed by atoms with Crippen LogP contribution in [0.4, 0.5) is 23.4 Å². The molecule has 0 bridgehead atoms. The van der Waals surface area contributed by atoms with E-state index in [9.17, 15) is 36.7 Å². The van der Waals surface area contributed by atoms with Gasteiger partial charge in [-0.2, -0.15) is 13.2 Å². The van der Waals surface area contributed by atoms with Gasteiger partial charge in [0.2, 0.25) is 11.8 Å². The number of hydrogen-bond acceptors (Lipinski definition) is 7. The number of ketones is 1. The van der Waals surface area contributed by atoms with Crippen LogP contribution in [0.1, 0.15) is 59.8 Å². The van der Waals surface area contributed by atoms with Gasteiger partial charge in [-0.25, -0.2) is 9.37 Å². The summed E-state index contributed by atoms with van der Waals surface area (Å²) in [6.07, 6.45) is -1.93. The predicted octanol–water partition coefficient (Wildman–Crippen LogP) is 5.13. The number of amides is 3. The van der Waals surface area contributed by atoms with E-state index in [1.54, 1.807) is 0 Å². The summed E-state index contributed by atoms with van der Waals surface area (Å²) >= 11 is 0. The van der Waals surface area contributed by atoms with E-state index < -0.39 is 58.8 Å². The second-order valence-corrected chi connectivity index (χ2v) is 13.4. The number of carbonyl (C=O) groups is 4. The summed E-state index contributed by atoms with van der Waals surface area (Å²) in [6, 6.07) is 16.2. The summed E-state index contributed by atoms with van der Waals surface area (Å²) in [4.78, 5) is 59.0. The van der Waals surface area contributed by atoms with Crippen molar-refractivity contribution in [2.45, 2.75) is 57.1 Å². The number of Topliss-reactive ketones (excluding diaryl/α,β-unsaturated/α-hetero) is 1. The fourth-order valence-electron chi connectivity index (χ4n) is 5.95. The number of imidazole rings is 1. The molecule has 1 unspecified atom stereocenters. The van der Waals surface area contributed by atoms with Crippen molar-refractivity contribution in [3.05, 3.63) is 119 Å². The smallest absolute Gasteiger partial charge is 0.374 e. The SMILES string of the molecule is CC(C)(N)C(=O)N[C@H](COCc1ccccc1)C(=O)Nc1cn(C(C(=O)N2CCC(C(=O)c3ccc(F)cc3)CC2)c2ccccc2C(F)(F)F)cn1. The van der Waals surface area contributed by atoms with E-state index >= 15 is 0 Å². The number of halogens is 4. The Labute approximate surface area is 303 Å². The summed E-state index contributed by atoms with van der Waals surface area (Å²) in [5.74, 6) is -3.30. The molecule has 2 heterocycles. The van der Waals surface area contributed by atoms with Crippen LogP contribution in [0.5, 0.6) is 0 Å². The summed E-state index contributed by atoms with van der Waals surface area (Å²) in [6.45, 7) is 2.99. The minimum absolute atomic E-state index is 0.0846. The van der Waals surface area contributed by atoms with Crippen LogP contribution in [0.2, 0.25) is 0 Å². The molecule has 0 spiro atoms. The lowest BCUT2D eigenvalue weighted by Crippen LogP contribution is -2.56. The Balaban J connectivity index is 1.36. The van der Waals surface area contributed by atoms with Crippen molar-refractivity contribution in [3.63, 3.8) is 0 Å². The first-order chi connectivity index (χ1) is 25.1. The van der Waals surface area contributed by atoms with E-state index in [0.717, 1.165) is 18.0 Å². The molecule has 53 heavy (non-hydrogen) atoms. The van der Waals surface area contributed by atoms with Crippen molar-refractivity contribution in [2.75, 3.05) is 25.0 Å². The number of likely N-dealkylation sites (tertiary alicyclic amines) is 1. The third-order valence-electron chi connectivity index (χ3n) is 8.85. The number of nitrogens with one attached hydrogen (secondary N) is 2. The molecule has 11 nitrogen and oxygen atoms in total. The normalized spacial score (nSPS) is 15.0. The van der Waals surface area contributed by atoms with Gasteiger partial charge in [0.1, 0.15) is 17.9 Å². The van der Waals surface area contributed by atoms with E-state index in [4.69, 9.17) is 10.5 Å². The summed E-state index contributed by atoms with van der Waals surface area (Å²) in [5.41, 5.74) is 4.40. The van der Waals surface area contributed by atoms with Gasteiger partial charge in [-0.15, -0.1) is 0 Å². The van der Waals surface area contributed by atoms with Crippen LogP contribution in [-0.4, -0.2) is 69.2 Å². The maximum absolute atomic E-state index is 14.3. The first-order valence-corrected chi connectivity index (χ1v) is 16.9. The molecule has 2 atom stereocenters. The van der Waals surface area contributed by atoms with Crippen molar-refractivity contribution >= 4 is 29.3 Å². The summed E-state index contributed by atoms with van der Waals surface area (Å²) in [7, 11) is 0. The second kappa shape index (κ2) is 16.5. The number of aromatic nitrogens is 2. The molecule has 280 valence electrons. The Bertz CT molecular complexity index is 1900. The van der Waals surface area contributed by atoms with Crippen LogP contribution in [0.15, 0.2) is 91.4 Å². The van der Waals surface area contributed by atoms with E-state index in [2.05, 4.69) is 15.6 Å². The molecule has 1 aliphatic heterocycles. The maximum Gasteiger partial charge on any atom is 0.416 e. The molecule has 1 fully saturated rings. The number of rotatable bonds is 13.